The zero-order valence-corrected chi connectivity index (χ0v) is 20.2. The topological polar surface area (TPSA) is 83.0 Å². The van der Waals surface area contributed by atoms with Crippen molar-refractivity contribution in [2.24, 2.45) is 5.10 Å². The highest BCUT2D eigenvalue weighted by atomic mass is 35.5. The summed E-state index contributed by atoms with van der Waals surface area (Å²) in [5, 5.41) is 7.59. The lowest BCUT2D eigenvalue weighted by Crippen LogP contribution is -2.35. The van der Waals surface area contributed by atoms with E-state index in [-0.39, 0.29) is 11.8 Å². The first-order valence-corrected chi connectivity index (χ1v) is 11.8. The number of morpholine rings is 1. The molecule has 0 spiro atoms. The van der Waals surface area contributed by atoms with Crippen molar-refractivity contribution in [3.05, 3.63) is 100 Å². The summed E-state index contributed by atoms with van der Waals surface area (Å²) < 4.78 is 5.38. The number of halogens is 1. The van der Waals surface area contributed by atoms with Gasteiger partial charge in [-0.2, -0.15) is 5.10 Å². The van der Waals surface area contributed by atoms with Gasteiger partial charge in [0.05, 0.1) is 18.9 Å². The maximum atomic E-state index is 12.6. The summed E-state index contributed by atoms with van der Waals surface area (Å²) in [6.45, 7) is 5.99. The van der Waals surface area contributed by atoms with Gasteiger partial charge in [0.1, 0.15) is 0 Å². The van der Waals surface area contributed by atoms with E-state index in [1.165, 1.54) is 0 Å². The van der Waals surface area contributed by atoms with Gasteiger partial charge in [0, 0.05) is 41.5 Å². The average molecular weight is 491 g/mol. The van der Waals surface area contributed by atoms with Gasteiger partial charge in [0.25, 0.3) is 11.8 Å². The zero-order valence-electron chi connectivity index (χ0n) is 19.5. The number of ether oxygens (including phenoxy) is 1. The minimum absolute atomic E-state index is 0.260. The Balaban J connectivity index is 1.35. The molecule has 1 fully saturated rings. The van der Waals surface area contributed by atoms with Crippen LogP contribution in [-0.2, 0) is 11.3 Å². The predicted molar refractivity (Wildman–Crippen MR) is 138 cm³/mol. The molecule has 0 aliphatic carbocycles. The molecule has 8 heteroatoms. The first-order valence-electron chi connectivity index (χ1n) is 11.4. The van der Waals surface area contributed by atoms with E-state index in [0.717, 1.165) is 44.0 Å². The number of benzene rings is 3. The molecule has 180 valence electrons. The molecule has 1 saturated heterocycles. The number of carbonyl (C=O) groups is 2. The molecule has 0 aromatic heterocycles. The van der Waals surface area contributed by atoms with Gasteiger partial charge >= 0.3 is 0 Å². The van der Waals surface area contributed by atoms with Crippen molar-refractivity contribution in [3.8, 4) is 0 Å². The molecule has 0 atom stereocenters. The fourth-order valence-electron chi connectivity index (χ4n) is 3.70. The lowest BCUT2D eigenvalue weighted by molar-refractivity contribution is 0.0342. The van der Waals surface area contributed by atoms with Gasteiger partial charge in [-0.15, -0.1) is 0 Å². The smallest absolute Gasteiger partial charge is 0.271 e. The number of nitrogens with one attached hydrogen (secondary N) is 2. The van der Waals surface area contributed by atoms with Gasteiger partial charge in [0.15, 0.2) is 0 Å². The van der Waals surface area contributed by atoms with Crippen LogP contribution in [0.25, 0.3) is 0 Å². The lowest BCUT2D eigenvalue weighted by atomic mass is 10.1. The minimum atomic E-state index is -0.285. The van der Waals surface area contributed by atoms with E-state index in [9.17, 15) is 9.59 Å². The Morgan fingerprint density at radius 1 is 0.914 bits per heavy atom. The summed E-state index contributed by atoms with van der Waals surface area (Å²) in [6, 6.07) is 21.6. The maximum absolute atomic E-state index is 12.6. The molecular weight excluding hydrogens is 464 g/mol. The van der Waals surface area contributed by atoms with Crippen LogP contribution >= 0.6 is 11.6 Å². The SMILES string of the molecule is CC(=NNC(=O)c1ccc(CN2CCOCC2)cc1)c1cccc(NC(=O)c2cccc(Cl)c2)c1. The van der Waals surface area contributed by atoms with Gasteiger partial charge in [-0.05, 0) is 60.5 Å². The Kier molecular flexibility index (Phi) is 8.26. The van der Waals surface area contributed by atoms with Crippen LogP contribution in [0.15, 0.2) is 77.9 Å². The van der Waals surface area contributed by atoms with E-state index >= 15 is 0 Å². The second-order valence-electron chi connectivity index (χ2n) is 8.27. The number of anilines is 1. The third kappa shape index (κ3) is 6.99. The molecule has 0 bridgehead atoms. The summed E-state index contributed by atoms with van der Waals surface area (Å²) in [6.07, 6.45) is 0. The second-order valence-corrected chi connectivity index (χ2v) is 8.71. The van der Waals surface area contributed by atoms with Crippen LogP contribution in [0.5, 0.6) is 0 Å². The molecule has 4 rings (SSSR count). The molecule has 3 aromatic carbocycles. The molecule has 2 amide bonds. The highest BCUT2D eigenvalue weighted by Crippen LogP contribution is 2.16. The molecule has 2 N–H and O–H groups in total. The first-order chi connectivity index (χ1) is 17.0. The van der Waals surface area contributed by atoms with E-state index in [4.69, 9.17) is 16.3 Å². The van der Waals surface area contributed by atoms with Crippen LogP contribution in [0.3, 0.4) is 0 Å². The molecule has 1 aliphatic heterocycles. The third-order valence-electron chi connectivity index (χ3n) is 5.68. The second kappa shape index (κ2) is 11.8. The van der Waals surface area contributed by atoms with Gasteiger partial charge in [-0.1, -0.05) is 41.9 Å². The lowest BCUT2D eigenvalue weighted by Gasteiger charge is -2.26. The number of hydrogen-bond donors (Lipinski definition) is 2. The number of hydrazone groups is 1. The summed E-state index contributed by atoms with van der Waals surface area (Å²) in [5.74, 6) is -0.544. The minimum Gasteiger partial charge on any atom is -0.379 e. The molecule has 1 aliphatic rings. The van der Waals surface area contributed by atoms with Crippen LogP contribution in [-0.4, -0.2) is 48.7 Å². The molecule has 7 nitrogen and oxygen atoms in total. The zero-order chi connectivity index (χ0) is 24.6. The number of amides is 2. The fourth-order valence-corrected chi connectivity index (χ4v) is 3.89. The van der Waals surface area contributed by atoms with E-state index in [2.05, 4.69) is 20.7 Å². The Bertz CT molecular complexity index is 1220. The number of carbonyl (C=O) groups excluding carboxylic acids is 2. The first kappa shape index (κ1) is 24.6. The number of rotatable bonds is 7. The van der Waals surface area contributed by atoms with Gasteiger partial charge in [-0.3, -0.25) is 14.5 Å². The quantitative estimate of drug-likeness (QED) is 0.375. The molecule has 0 unspecified atom stereocenters. The summed E-state index contributed by atoms with van der Waals surface area (Å²) in [7, 11) is 0. The Labute approximate surface area is 209 Å². The van der Waals surface area contributed by atoms with Crippen LogP contribution in [0.2, 0.25) is 5.02 Å². The molecule has 3 aromatic rings. The van der Waals surface area contributed by atoms with Gasteiger partial charge in [0.2, 0.25) is 0 Å². The highest BCUT2D eigenvalue weighted by Gasteiger charge is 2.12. The maximum Gasteiger partial charge on any atom is 0.271 e. The van der Waals surface area contributed by atoms with Crippen molar-refractivity contribution < 1.29 is 14.3 Å². The van der Waals surface area contributed by atoms with E-state index in [1.54, 1.807) is 43.3 Å². The van der Waals surface area contributed by atoms with E-state index in [1.807, 2.05) is 36.4 Å². The number of nitrogens with zero attached hydrogens (tertiary/aromatic N) is 2. The van der Waals surface area contributed by atoms with Gasteiger partial charge < -0.3 is 10.1 Å². The summed E-state index contributed by atoms with van der Waals surface area (Å²) in [5.41, 5.74) is 6.77. The van der Waals surface area contributed by atoms with E-state index < -0.39 is 0 Å². The van der Waals surface area contributed by atoms with Crippen molar-refractivity contribution >= 4 is 34.8 Å². The molecule has 1 heterocycles. The fraction of sp³-hybridized carbons (Fsp3) is 0.222. The van der Waals surface area contributed by atoms with Crippen LogP contribution in [0.1, 0.15) is 38.8 Å². The van der Waals surface area contributed by atoms with Crippen molar-refractivity contribution in [3.63, 3.8) is 0 Å². The Morgan fingerprint density at radius 2 is 1.63 bits per heavy atom. The van der Waals surface area contributed by atoms with Crippen molar-refractivity contribution in [2.75, 3.05) is 31.6 Å². The summed E-state index contributed by atoms with van der Waals surface area (Å²) >= 11 is 5.97. The molecule has 0 radical (unpaired) electrons. The van der Waals surface area contributed by atoms with Crippen molar-refractivity contribution in [1.29, 1.82) is 0 Å². The highest BCUT2D eigenvalue weighted by molar-refractivity contribution is 6.31. The normalized spacial score (nSPS) is 14.4. The molecular formula is C27H27ClN4O3. The Hall–Kier alpha value is -3.52. The Morgan fingerprint density at radius 3 is 2.37 bits per heavy atom. The molecule has 35 heavy (non-hydrogen) atoms. The average Bonchev–Trinajstić information content (AvgIpc) is 2.88. The predicted octanol–water partition coefficient (Wildman–Crippen LogP) is 4.58. The monoisotopic (exact) mass is 490 g/mol. The third-order valence-corrected chi connectivity index (χ3v) is 5.91. The van der Waals surface area contributed by atoms with Crippen molar-refractivity contribution in [2.45, 2.75) is 13.5 Å². The van der Waals surface area contributed by atoms with Crippen molar-refractivity contribution in [1.82, 2.24) is 10.3 Å². The standard InChI is InChI=1S/C27H27ClN4O3/c1-19(22-4-3-7-25(17-22)29-26(33)23-5-2-6-24(28)16-23)30-31-27(34)21-10-8-20(9-11-21)18-32-12-14-35-15-13-32/h2-11,16-17H,12-15,18H2,1H3,(H,29,33)(H,31,34). The largest absolute Gasteiger partial charge is 0.379 e. The summed E-state index contributed by atoms with van der Waals surface area (Å²) in [4.78, 5) is 27.4. The van der Waals surface area contributed by atoms with E-state index in [0.29, 0.717) is 27.5 Å². The van der Waals surface area contributed by atoms with Gasteiger partial charge in [-0.25, -0.2) is 5.43 Å². The van der Waals surface area contributed by atoms with Crippen LogP contribution in [0, 0.1) is 0 Å². The van der Waals surface area contributed by atoms with Crippen LogP contribution in [0.4, 0.5) is 5.69 Å². The number of hydrogen-bond acceptors (Lipinski definition) is 5. The molecule has 0 saturated carbocycles. The van der Waals surface area contributed by atoms with Crippen LogP contribution < -0.4 is 10.7 Å².